The van der Waals surface area contributed by atoms with Gasteiger partial charge in [0.15, 0.2) is 4.34 Å². The smallest absolute Gasteiger partial charge is 0.171 e. The van der Waals surface area contributed by atoms with Gasteiger partial charge in [-0.05, 0) is 18.6 Å². The number of hydrogen-bond acceptors (Lipinski definition) is 7. The fourth-order valence-corrected chi connectivity index (χ4v) is 4.21. The van der Waals surface area contributed by atoms with Crippen LogP contribution in [0.4, 0.5) is 5.69 Å². The third-order valence-corrected chi connectivity index (χ3v) is 5.69. The molecule has 3 heterocycles. The standard InChI is InChI=1S/C17H12N6S2/c1-10-2-3-13(16-15(10)11(4-18)7-21-16)23-25-17-22-8-14(24-17)12-5-19-9-20-6-12/h2-3,5-9,21,23H,1H3. The number of fused-ring (bicyclic) bond motifs is 1. The van der Waals surface area contributed by atoms with E-state index in [-0.39, 0.29) is 0 Å². The molecule has 1 aromatic carbocycles. The van der Waals surface area contributed by atoms with Crippen molar-refractivity contribution in [3.05, 3.63) is 54.4 Å². The summed E-state index contributed by atoms with van der Waals surface area (Å²) in [4.78, 5) is 16.7. The van der Waals surface area contributed by atoms with Crippen molar-refractivity contribution in [1.29, 1.82) is 5.26 Å². The molecule has 0 bridgehead atoms. The lowest BCUT2D eigenvalue weighted by Crippen LogP contribution is -1.89. The Morgan fingerprint density at radius 2 is 2.08 bits per heavy atom. The molecular formula is C17H12N6S2. The van der Waals surface area contributed by atoms with Crippen LogP contribution < -0.4 is 4.72 Å². The third-order valence-electron chi connectivity index (χ3n) is 3.74. The monoisotopic (exact) mass is 364 g/mol. The van der Waals surface area contributed by atoms with Crippen LogP contribution in [0.15, 0.2) is 47.6 Å². The normalized spacial score (nSPS) is 10.7. The van der Waals surface area contributed by atoms with Crippen LogP contribution in [-0.4, -0.2) is 19.9 Å². The van der Waals surface area contributed by atoms with E-state index in [0.29, 0.717) is 5.56 Å². The van der Waals surface area contributed by atoms with E-state index in [1.807, 2.05) is 25.3 Å². The first-order valence-corrected chi connectivity index (χ1v) is 9.04. The SMILES string of the molecule is Cc1ccc(NSc2ncc(-c3cncnc3)s2)c2[nH]cc(C#N)c12. The predicted octanol–water partition coefficient (Wildman–Crippen LogP) is 4.38. The molecule has 0 saturated carbocycles. The molecule has 0 unspecified atom stereocenters. The summed E-state index contributed by atoms with van der Waals surface area (Å²) in [6.07, 6.45) is 8.61. The molecule has 8 heteroatoms. The van der Waals surface area contributed by atoms with Gasteiger partial charge in [-0.3, -0.25) is 0 Å². The number of hydrogen-bond donors (Lipinski definition) is 2. The molecule has 4 rings (SSSR count). The van der Waals surface area contributed by atoms with Gasteiger partial charge in [0.1, 0.15) is 12.4 Å². The Morgan fingerprint density at radius 1 is 1.24 bits per heavy atom. The molecule has 6 nitrogen and oxygen atoms in total. The van der Waals surface area contributed by atoms with E-state index < -0.39 is 0 Å². The van der Waals surface area contributed by atoms with Crippen molar-refractivity contribution in [2.75, 3.05) is 4.72 Å². The minimum atomic E-state index is 0.654. The first kappa shape index (κ1) is 15.6. The number of benzene rings is 1. The second-order valence-electron chi connectivity index (χ2n) is 5.32. The highest BCUT2D eigenvalue weighted by atomic mass is 32.2. The maximum Gasteiger partial charge on any atom is 0.171 e. The first-order chi connectivity index (χ1) is 12.3. The Kier molecular flexibility index (Phi) is 4.09. The first-order valence-electron chi connectivity index (χ1n) is 7.41. The highest BCUT2D eigenvalue weighted by Gasteiger charge is 2.11. The molecule has 0 fully saturated rings. The fraction of sp³-hybridized carbons (Fsp3) is 0.0588. The summed E-state index contributed by atoms with van der Waals surface area (Å²) >= 11 is 3.01. The van der Waals surface area contributed by atoms with Crippen LogP contribution in [0.2, 0.25) is 0 Å². The van der Waals surface area contributed by atoms with E-state index in [2.05, 4.69) is 30.7 Å². The van der Waals surface area contributed by atoms with E-state index in [1.54, 1.807) is 29.9 Å². The molecule has 0 aliphatic carbocycles. The Labute approximate surface area is 152 Å². The van der Waals surface area contributed by atoms with Crippen molar-refractivity contribution >= 4 is 39.9 Å². The van der Waals surface area contributed by atoms with Gasteiger partial charge in [0, 0.05) is 47.7 Å². The minimum Gasteiger partial charge on any atom is -0.358 e. The van der Waals surface area contributed by atoms with Crippen LogP contribution in [0.5, 0.6) is 0 Å². The zero-order valence-electron chi connectivity index (χ0n) is 13.1. The quantitative estimate of drug-likeness (QED) is 0.522. The second-order valence-corrected chi connectivity index (χ2v) is 7.40. The van der Waals surface area contributed by atoms with Crippen molar-refractivity contribution in [2.45, 2.75) is 11.3 Å². The van der Waals surface area contributed by atoms with Crippen molar-refractivity contribution < 1.29 is 0 Å². The number of rotatable bonds is 4. The van der Waals surface area contributed by atoms with Gasteiger partial charge in [-0.1, -0.05) is 6.07 Å². The minimum absolute atomic E-state index is 0.654. The molecule has 122 valence electrons. The summed E-state index contributed by atoms with van der Waals surface area (Å²) in [7, 11) is 0. The number of nitrogens with one attached hydrogen (secondary N) is 2. The highest BCUT2D eigenvalue weighted by molar-refractivity contribution is 8.02. The molecule has 0 atom stereocenters. The summed E-state index contributed by atoms with van der Waals surface area (Å²) < 4.78 is 4.21. The Hall–Kier alpha value is -2.89. The van der Waals surface area contributed by atoms with Gasteiger partial charge in [0.25, 0.3) is 0 Å². The maximum atomic E-state index is 9.24. The van der Waals surface area contributed by atoms with E-state index >= 15 is 0 Å². The molecule has 25 heavy (non-hydrogen) atoms. The van der Waals surface area contributed by atoms with E-state index in [1.165, 1.54) is 18.3 Å². The highest BCUT2D eigenvalue weighted by Crippen LogP contribution is 2.34. The average Bonchev–Trinajstić information content (AvgIpc) is 3.29. The lowest BCUT2D eigenvalue weighted by molar-refractivity contribution is 1.17. The Balaban J connectivity index is 1.58. The van der Waals surface area contributed by atoms with Crippen LogP contribution in [0, 0.1) is 18.3 Å². The van der Waals surface area contributed by atoms with Gasteiger partial charge in [-0.15, -0.1) is 11.3 Å². The van der Waals surface area contributed by atoms with Crippen molar-refractivity contribution in [3.63, 3.8) is 0 Å². The zero-order chi connectivity index (χ0) is 17.2. The zero-order valence-corrected chi connectivity index (χ0v) is 14.8. The van der Waals surface area contributed by atoms with Gasteiger partial charge in [-0.2, -0.15) is 5.26 Å². The molecule has 4 aromatic rings. The lowest BCUT2D eigenvalue weighted by Gasteiger charge is -2.06. The molecule has 0 aliphatic heterocycles. The van der Waals surface area contributed by atoms with Crippen LogP contribution in [-0.2, 0) is 0 Å². The topological polar surface area (TPSA) is 90.3 Å². The van der Waals surface area contributed by atoms with Crippen LogP contribution >= 0.6 is 23.3 Å². The lowest BCUT2D eigenvalue weighted by atomic mass is 10.1. The number of aromatic amines is 1. The second kappa shape index (κ2) is 6.55. The summed E-state index contributed by atoms with van der Waals surface area (Å²) in [5, 5.41) is 10.2. The maximum absolute atomic E-state index is 9.24. The molecule has 0 amide bonds. The van der Waals surface area contributed by atoms with Gasteiger partial charge in [-0.25, -0.2) is 15.0 Å². The average molecular weight is 364 g/mol. The van der Waals surface area contributed by atoms with Crippen molar-refractivity contribution in [1.82, 2.24) is 19.9 Å². The van der Waals surface area contributed by atoms with E-state index in [4.69, 9.17) is 0 Å². The number of nitriles is 1. The van der Waals surface area contributed by atoms with Gasteiger partial charge in [0.05, 0.1) is 21.6 Å². The number of anilines is 1. The number of thiazole rings is 1. The number of aromatic nitrogens is 4. The molecule has 0 aliphatic rings. The molecule has 0 spiro atoms. The van der Waals surface area contributed by atoms with Crippen LogP contribution in [0.25, 0.3) is 21.3 Å². The molecule has 3 aromatic heterocycles. The number of aryl methyl sites for hydroxylation is 1. The summed E-state index contributed by atoms with van der Waals surface area (Å²) in [5.41, 5.74) is 4.53. The predicted molar refractivity (Wildman–Crippen MR) is 100 cm³/mol. The number of H-pyrrole nitrogens is 1. The van der Waals surface area contributed by atoms with Gasteiger partial charge >= 0.3 is 0 Å². The van der Waals surface area contributed by atoms with Crippen molar-refractivity contribution in [3.8, 4) is 16.5 Å². The largest absolute Gasteiger partial charge is 0.358 e. The fourth-order valence-electron chi connectivity index (χ4n) is 2.56. The molecule has 0 radical (unpaired) electrons. The Morgan fingerprint density at radius 3 is 2.88 bits per heavy atom. The van der Waals surface area contributed by atoms with E-state index in [0.717, 1.165) is 36.9 Å². The van der Waals surface area contributed by atoms with Crippen LogP contribution in [0.1, 0.15) is 11.1 Å². The molecule has 0 saturated heterocycles. The Bertz CT molecular complexity index is 1080. The van der Waals surface area contributed by atoms with Crippen molar-refractivity contribution in [2.24, 2.45) is 0 Å². The van der Waals surface area contributed by atoms with Crippen LogP contribution in [0.3, 0.4) is 0 Å². The summed E-state index contributed by atoms with van der Waals surface area (Å²) in [5.74, 6) is 0. The van der Waals surface area contributed by atoms with E-state index in [9.17, 15) is 5.26 Å². The summed E-state index contributed by atoms with van der Waals surface area (Å²) in [6.45, 7) is 2.00. The number of nitrogens with zero attached hydrogens (tertiary/aromatic N) is 4. The van der Waals surface area contributed by atoms with Gasteiger partial charge < -0.3 is 9.71 Å². The molecule has 2 N–H and O–H groups in total. The molecular weight excluding hydrogens is 352 g/mol. The summed E-state index contributed by atoms with van der Waals surface area (Å²) in [6, 6.07) is 6.24. The third kappa shape index (κ3) is 2.95. The van der Waals surface area contributed by atoms with Gasteiger partial charge in [0.2, 0.25) is 0 Å².